The van der Waals surface area contributed by atoms with Crippen molar-refractivity contribution in [3.63, 3.8) is 0 Å². The first-order valence-corrected chi connectivity index (χ1v) is 6.69. The molecule has 0 radical (unpaired) electrons. The SMILES string of the molecule is CCC(CC)n1ccc(CSCCO)n1. The van der Waals surface area contributed by atoms with Crippen molar-refractivity contribution in [1.29, 1.82) is 0 Å². The monoisotopic (exact) mass is 228 g/mol. The first-order chi connectivity index (χ1) is 7.31. The van der Waals surface area contributed by atoms with Gasteiger partial charge in [0, 0.05) is 17.7 Å². The zero-order valence-electron chi connectivity index (χ0n) is 9.52. The minimum absolute atomic E-state index is 0.248. The molecule has 0 fully saturated rings. The van der Waals surface area contributed by atoms with Crippen LogP contribution in [0.4, 0.5) is 0 Å². The van der Waals surface area contributed by atoms with Gasteiger partial charge in [0.2, 0.25) is 0 Å². The second-order valence-corrected chi connectivity index (χ2v) is 4.64. The van der Waals surface area contributed by atoms with Crippen LogP contribution >= 0.6 is 11.8 Å². The summed E-state index contributed by atoms with van der Waals surface area (Å²) >= 11 is 1.72. The van der Waals surface area contributed by atoms with Crippen molar-refractivity contribution in [2.75, 3.05) is 12.4 Å². The van der Waals surface area contributed by atoms with Gasteiger partial charge in [-0.1, -0.05) is 13.8 Å². The molecule has 0 atom stereocenters. The molecule has 0 aromatic carbocycles. The van der Waals surface area contributed by atoms with Crippen LogP contribution in [0.2, 0.25) is 0 Å². The Bertz CT molecular complexity index is 271. The molecule has 0 aliphatic rings. The average Bonchev–Trinajstić information content (AvgIpc) is 2.69. The van der Waals surface area contributed by atoms with Crippen LogP contribution in [0.3, 0.4) is 0 Å². The molecule has 0 aliphatic carbocycles. The summed E-state index contributed by atoms with van der Waals surface area (Å²) in [7, 11) is 0. The zero-order chi connectivity index (χ0) is 11.1. The molecule has 0 aliphatic heterocycles. The minimum atomic E-state index is 0.248. The Labute approximate surface area is 95.9 Å². The summed E-state index contributed by atoms with van der Waals surface area (Å²) in [6.07, 6.45) is 4.31. The smallest absolute Gasteiger partial charge is 0.0723 e. The van der Waals surface area contributed by atoms with Gasteiger partial charge in [0.1, 0.15) is 0 Å². The molecule has 1 rings (SSSR count). The Morgan fingerprint density at radius 2 is 2.20 bits per heavy atom. The molecule has 1 aromatic heterocycles. The number of aliphatic hydroxyl groups is 1. The van der Waals surface area contributed by atoms with Gasteiger partial charge in [0.25, 0.3) is 0 Å². The van der Waals surface area contributed by atoms with E-state index in [1.165, 1.54) is 0 Å². The summed E-state index contributed by atoms with van der Waals surface area (Å²) < 4.78 is 2.06. The number of hydrogen-bond acceptors (Lipinski definition) is 3. The molecule has 86 valence electrons. The number of aliphatic hydroxyl groups excluding tert-OH is 1. The Hall–Kier alpha value is -0.480. The van der Waals surface area contributed by atoms with Gasteiger partial charge in [-0.2, -0.15) is 16.9 Å². The maximum atomic E-state index is 8.67. The second-order valence-electron chi connectivity index (χ2n) is 3.53. The molecule has 0 amide bonds. The van der Waals surface area contributed by atoms with Gasteiger partial charge in [-0.15, -0.1) is 0 Å². The summed E-state index contributed by atoms with van der Waals surface area (Å²) in [6.45, 7) is 4.63. The molecule has 3 nitrogen and oxygen atoms in total. The van der Waals surface area contributed by atoms with Crippen LogP contribution in [0.1, 0.15) is 38.4 Å². The van der Waals surface area contributed by atoms with Crippen molar-refractivity contribution >= 4 is 11.8 Å². The molecule has 0 saturated heterocycles. The lowest BCUT2D eigenvalue weighted by molar-refractivity contribution is 0.322. The average molecular weight is 228 g/mol. The molecule has 0 saturated carbocycles. The van der Waals surface area contributed by atoms with Crippen molar-refractivity contribution in [2.24, 2.45) is 0 Å². The number of nitrogens with zero attached hydrogens (tertiary/aromatic N) is 2. The van der Waals surface area contributed by atoms with Gasteiger partial charge in [-0.25, -0.2) is 0 Å². The normalized spacial score (nSPS) is 11.2. The molecule has 15 heavy (non-hydrogen) atoms. The van der Waals surface area contributed by atoms with Gasteiger partial charge in [0.15, 0.2) is 0 Å². The van der Waals surface area contributed by atoms with E-state index in [1.807, 2.05) is 0 Å². The standard InChI is InChI=1S/C11H20N2OS/c1-3-11(4-2)13-6-5-10(12-13)9-15-8-7-14/h5-6,11,14H,3-4,7-9H2,1-2H3. The highest BCUT2D eigenvalue weighted by Crippen LogP contribution is 2.16. The van der Waals surface area contributed by atoms with Crippen LogP contribution in [0.15, 0.2) is 12.3 Å². The van der Waals surface area contributed by atoms with E-state index in [1.54, 1.807) is 11.8 Å². The summed E-state index contributed by atoms with van der Waals surface area (Å²) in [4.78, 5) is 0. The third kappa shape index (κ3) is 3.87. The predicted octanol–water partition coefficient (Wildman–Crippen LogP) is 2.47. The predicted molar refractivity (Wildman–Crippen MR) is 65.1 cm³/mol. The maximum absolute atomic E-state index is 8.67. The van der Waals surface area contributed by atoms with Crippen molar-refractivity contribution < 1.29 is 5.11 Å². The highest BCUT2D eigenvalue weighted by molar-refractivity contribution is 7.98. The van der Waals surface area contributed by atoms with Crippen LogP contribution in [-0.2, 0) is 5.75 Å². The highest BCUT2D eigenvalue weighted by Gasteiger charge is 2.07. The van der Waals surface area contributed by atoms with E-state index in [2.05, 4.69) is 35.9 Å². The van der Waals surface area contributed by atoms with E-state index in [0.29, 0.717) is 6.04 Å². The molecule has 1 aromatic rings. The summed E-state index contributed by atoms with van der Waals surface area (Å²) in [6, 6.07) is 2.60. The zero-order valence-corrected chi connectivity index (χ0v) is 10.3. The Morgan fingerprint density at radius 3 is 2.80 bits per heavy atom. The van der Waals surface area contributed by atoms with Crippen molar-refractivity contribution in [3.05, 3.63) is 18.0 Å². The van der Waals surface area contributed by atoms with Gasteiger partial charge < -0.3 is 5.11 Å². The van der Waals surface area contributed by atoms with Crippen LogP contribution in [-0.4, -0.2) is 27.2 Å². The molecular formula is C11H20N2OS. The van der Waals surface area contributed by atoms with E-state index in [4.69, 9.17) is 5.11 Å². The van der Waals surface area contributed by atoms with E-state index in [0.717, 1.165) is 30.0 Å². The fourth-order valence-corrected chi connectivity index (χ4v) is 2.20. The lowest BCUT2D eigenvalue weighted by Gasteiger charge is -2.12. The molecule has 4 heteroatoms. The number of hydrogen-bond donors (Lipinski definition) is 1. The topological polar surface area (TPSA) is 38.0 Å². The first kappa shape index (κ1) is 12.6. The van der Waals surface area contributed by atoms with Crippen LogP contribution in [0, 0.1) is 0 Å². The maximum Gasteiger partial charge on any atom is 0.0723 e. The second kappa shape index (κ2) is 6.90. The van der Waals surface area contributed by atoms with Crippen molar-refractivity contribution in [1.82, 2.24) is 9.78 Å². The molecule has 1 N–H and O–H groups in total. The van der Waals surface area contributed by atoms with Crippen molar-refractivity contribution in [3.8, 4) is 0 Å². The van der Waals surface area contributed by atoms with Gasteiger partial charge in [-0.3, -0.25) is 4.68 Å². The van der Waals surface area contributed by atoms with Gasteiger partial charge >= 0.3 is 0 Å². The van der Waals surface area contributed by atoms with Crippen molar-refractivity contribution in [2.45, 2.75) is 38.5 Å². The van der Waals surface area contributed by atoms with Gasteiger partial charge in [-0.05, 0) is 18.9 Å². The number of aromatic nitrogens is 2. The van der Waals surface area contributed by atoms with Crippen LogP contribution in [0.25, 0.3) is 0 Å². The molecule has 1 heterocycles. The minimum Gasteiger partial charge on any atom is -0.396 e. The summed E-state index contributed by atoms with van der Waals surface area (Å²) in [5.74, 6) is 1.69. The molecular weight excluding hydrogens is 208 g/mol. The third-order valence-electron chi connectivity index (χ3n) is 2.47. The molecule has 0 unspecified atom stereocenters. The van der Waals surface area contributed by atoms with Crippen LogP contribution < -0.4 is 0 Å². The van der Waals surface area contributed by atoms with E-state index in [-0.39, 0.29) is 6.61 Å². The lowest BCUT2D eigenvalue weighted by Crippen LogP contribution is -2.07. The quantitative estimate of drug-likeness (QED) is 0.729. The fraction of sp³-hybridized carbons (Fsp3) is 0.727. The Kier molecular flexibility index (Phi) is 5.79. The first-order valence-electron chi connectivity index (χ1n) is 5.54. The molecule has 0 spiro atoms. The number of thioether (sulfide) groups is 1. The largest absolute Gasteiger partial charge is 0.396 e. The Morgan fingerprint density at radius 1 is 1.47 bits per heavy atom. The number of rotatable bonds is 7. The third-order valence-corrected chi connectivity index (χ3v) is 3.44. The fourth-order valence-electron chi connectivity index (χ4n) is 1.56. The molecule has 0 bridgehead atoms. The summed E-state index contributed by atoms with van der Waals surface area (Å²) in [5, 5.41) is 13.2. The highest BCUT2D eigenvalue weighted by atomic mass is 32.2. The van der Waals surface area contributed by atoms with E-state index < -0.39 is 0 Å². The Balaban J connectivity index is 2.47. The lowest BCUT2D eigenvalue weighted by atomic mass is 10.2. The van der Waals surface area contributed by atoms with E-state index >= 15 is 0 Å². The summed E-state index contributed by atoms with van der Waals surface area (Å²) in [5.41, 5.74) is 1.11. The van der Waals surface area contributed by atoms with Crippen LogP contribution in [0.5, 0.6) is 0 Å². The van der Waals surface area contributed by atoms with Gasteiger partial charge in [0.05, 0.1) is 18.3 Å². The van der Waals surface area contributed by atoms with E-state index in [9.17, 15) is 0 Å².